The van der Waals surface area contributed by atoms with E-state index in [1.807, 2.05) is 0 Å². The van der Waals surface area contributed by atoms with E-state index in [2.05, 4.69) is 15.4 Å². The highest BCUT2D eigenvalue weighted by atomic mass is 19.3. The average Bonchev–Trinajstić information content (AvgIpc) is 2.82. The predicted octanol–water partition coefficient (Wildman–Crippen LogP) is 2.92. The number of anilines is 3. The van der Waals surface area contributed by atoms with E-state index in [1.165, 1.54) is 24.3 Å². The molecule has 32 heavy (non-hydrogen) atoms. The molecule has 10 heteroatoms. The van der Waals surface area contributed by atoms with Gasteiger partial charge >= 0.3 is 6.61 Å². The van der Waals surface area contributed by atoms with Crippen LogP contribution in [0, 0.1) is 0 Å². The summed E-state index contributed by atoms with van der Waals surface area (Å²) < 4.78 is 28.7. The number of likely N-dealkylation sites (N-methyl/N-ethyl adjacent to an activating group) is 1. The van der Waals surface area contributed by atoms with Crippen molar-refractivity contribution >= 4 is 34.8 Å². The predicted molar refractivity (Wildman–Crippen MR) is 116 cm³/mol. The van der Waals surface area contributed by atoms with Crippen LogP contribution in [0.5, 0.6) is 5.75 Å². The van der Waals surface area contributed by atoms with Gasteiger partial charge in [0.25, 0.3) is 0 Å². The number of benzene rings is 2. The lowest BCUT2D eigenvalue weighted by molar-refractivity contribution is -0.121. The summed E-state index contributed by atoms with van der Waals surface area (Å²) in [7, 11) is 1.63. The van der Waals surface area contributed by atoms with Crippen LogP contribution in [0.3, 0.4) is 0 Å². The molecule has 1 atom stereocenters. The number of fused-ring (bicyclic) bond motifs is 1. The minimum atomic E-state index is -2.92. The molecule has 1 aliphatic heterocycles. The topological polar surface area (TPSA) is 91.0 Å². The van der Waals surface area contributed by atoms with Crippen LogP contribution in [0.1, 0.15) is 13.3 Å². The molecule has 0 saturated carbocycles. The lowest BCUT2D eigenvalue weighted by Gasteiger charge is -2.29. The highest BCUT2D eigenvalue weighted by molar-refractivity contribution is 6.05. The van der Waals surface area contributed by atoms with E-state index in [0.717, 1.165) is 0 Å². The Kier molecular flexibility index (Phi) is 7.37. The van der Waals surface area contributed by atoms with E-state index in [0.29, 0.717) is 17.1 Å². The molecule has 2 aromatic carbocycles. The summed E-state index contributed by atoms with van der Waals surface area (Å²) in [5, 5.41) is 5.45. The van der Waals surface area contributed by atoms with E-state index in [1.54, 1.807) is 48.0 Å². The van der Waals surface area contributed by atoms with Crippen LogP contribution in [-0.4, -0.2) is 55.4 Å². The molecule has 0 aromatic heterocycles. The highest BCUT2D eigenvalue weighted by Crippen LogP contribution is 2.31. The first-order valence-corrected chi connectivity index (χ1v) is 9.97. The Labute approximate surface area is 184 Å². The van der Waals surface area contributed by atoms with Crippen LogP contribution in [0.15, 0.2) is 48.5 Å². The quantitative estimate of drug-likeness (QED) is 0.683. The molecule has 0 spiro atoms. The van der Waals surface area contributed by atoms with Crippen molar-refractivity contribution in [3.05, 3.63) is 48.5 Å². The van der Waals surface area contributed by atoms with Gasteiger partial charge in [0.05, 0.1) is 24.5 Å². The molecule has 170 valence electrons. The molecule has 1 aliphatic rings. The zero-order valence-electron chi connectivity index (χ0n) is 17.7. The van der Waals surface area contributed by atoms with E-state index >= 15 is 0 Å². The van der Waals surface area contributed by atoms with Crippen LogP contribution in [0.2, 0.25) is 0 Å². The number of para-hydroxylation sites is 2. The number of nitrogens with zero attached hydrogens (tertiary/aromatic N) is 2. The number of ether oxygens (including phenoxy) is 1. The van der Waals surface area contributed by atoms with Crippen molar-refractivity contribution in [1.29, 1.82) is 0 Å². The molecule has 3 rings (SSSR count). The Morgan fingerprint density at radius 3 is 2.56 bits per heavy atom. The number of hydrogen-bond donors (Lipinski definition) is 2. The van der Waals surface area contributed by atoms with E-state index < -0.39 is 6.61 Å². The largest absolute Gasteiger partial charge is 0.435 e. The molecule has 0 aliphatic carbocycles. The third-order valence-electron chi connectivity index (χ3n) is 4.81. The van der Waals surface area contributed by atoms with E-state index in [4.69, 9.17) is 0 Å². The van der Waals surface area contributed by atoms with Crippen LogP contribution < -0.4 is 20.3 Å². The first-order chi connectivity index (χ1) is 15.2. The number of carbonyl (C=O) groups is 3. The van der Waals surface area contributed by atoms with Gasteiger partial charge in [0, 0.05) is 18.2 Å². The fourth-order valence-electron chi connectivity index (χ4n) is 3.50. The number of rotatable bonds is 7. The third-order valence-corrected chi connectivity index (χ3v) is 4.81. The third kappa shape index (κ3) is 6.01. The number of nitrogens with one attached hydrogen (secondary N) is 2. The molecular formula is C22H24F2N4O4. The van der Waals surface area contributed by atoms with Crippen molar-refractivity contribution in [2.45, 2.75) is 26.0 Å². The number of carbonyl (C=O) groups excluding carboxylic acids is 3. The highest BCUT2D eigenvalue weighted by Gasteiger charge is 2.30. The van der Waals surface area contributed by atoms with Gasteiger partial charge in [-0.25, -0.2) is 0 Å². The zero-order valence-corrected chi connectivity index (χ0v) is 17.7. The standard InChI is InChI=1S/C22H24F2N4O4/c1-14-11-19(29)26-17-5-3-4-6-18(17)28(14)21(31)13-27(2)12-20(30)25-15-7-9-16(10-8-15)32-22(23)24/h3-10,14,22H,11-13H2,1-2H3,(H,25,30)(H,26,29)/t14-/m0/s1. The van der Waals surface area contributed by atoms with Gasteiger partial charge in [-0.05, 0) is 50.4 Å². The summed E-state index contributed by atoms with van der Waals surface area (Å²) in [6, 6.07) is 12.3. The van der Waals surface area contributed by atoms with Crippen LogP contribution >= 0.6 is 0 Å². The van der Waals surface area contributed by atoms with Crippen molar-refractivity contribution in [2.75, 3.05) is 35.7 Å². The molecular weight excluding hydrogens is 422 g/mol. The lowest BCUT2D eigenvalue weighted by Crippen LogP contribution is -2.45. The summed E-state index contributed by atoms with van der Waals surface area (Å²) in [6.07, 6.45) is 0.163. The SMILES string of the molecule is C[C@H]1CC(=O)Nc2ccccc2N1C(=O)CN(C)CC(=O)Nc1ccc(OC(F)F)cc1. The number of halogens is 2. The van der Waals surface area contributed by atoms with Crippen molar-refractivity contribution in [3.8, 4) is 5.75 Å². The van der Waals surface area contributed by atoms with Gasteiger partial charge in [-0.15, -0.1) is 0 Å². The summed E-state index contributed by atoms with van der Waals surface area (Å²) in [4.78, 5) is 40.6. The second kappa shape index (κ2) is 10.2. The second-order valence-electron chi connectivity index (χ2n) is 7.51. The lowest BCUT2D eigenvalue weighted by atomic mass is 10.1. The maximum atomic E-state index is 13.0. The van der Waals surface area contributed by atoms with E-state index in [-0.39, 0.29) is 49.0 Å². The fourth-order valence-corrected chi connectivity index (χ4v) is 3.50. The minimum absolute atomic E-state index is 0.0134. The molecule has 0 fully saturated rings. The van der Waals surface area contributed by atoms with Gasteiger partial charge in [0.15, 0.2) is 0 Å². The van der Waals surface area contributed by atoms with Crippen LogP contribution in [-0.2, 0) is 14.4 Å². The Balaban J connectivity index is 1.59. The molecule has 0 saturated heterocycles. The average molecular weight is 446 g/mol. The second-order valence-corrected chi connectivity index (χ2v) is 7.51. The maximum absolute atomic E-state index is 13.0. The molecule has 3 amide bonds. The van der Waals surface area contributed by atoms with Crippen molar-refractivity contribution < 1.29 is 27.9 Å². The van der Waals surface area contributed by atoms with Gasteiger partial charge in [0.2, 0.25) is 17.7 Å². The van der Waals surface area contributed by atoms with Gasteiger partial charge in [0.1, 0.15) is 5.75 Å². The maximum Gasteiger partial charge on any atom is 0.387 e. The summed E-state index contributed by atoms with van der Waals surface area (Å²) in [5.74, 6) is -0.798. The normalized spacial score (nSPS) is 15.8. The first kappa shape index (κ1) is 23.1. The number of alkyl halides is 2. The Morgan fingerprint density at radius 2 is 1.88 bits per heavy atom. The van der Waals surface area contributed by atoms with E-state index in [9.17, 15) is 23.2 Å². The monoisotopic (exact) mass is 446 g/mol. The molecule has 2 N–H and O–H groups in total. The number of amides is 3. The fraction of sp³-hybridized carbons (Fsp3) is 0.318. The minimum Gasteiger partial charge on any atom is -0.435 e. The van der Waals surface area contributed by atoms with Gasteiger partial charge in [-0.2, -0.15) is 8.78 Å². The molecule has 8 nitrogen and oxygen atoms in total. The van der Waals surface area contributed by atoms with Crippen LogP contribution in [0.4, 0.5) is 25.8 Å². The van der Waals surface area contributed by atoms with Crippen molar-refractivity contribution in [3.63, 3.8) is 0 Å². The first-order valence-electron chi connectivity index (χ1n) is 9.97. The molecule has 0 radical (unpaired) electrons. The molecule has 0 bridgehead atoms. The molecule has 1 heterocycles. The Hall–Kier alpha value is -3.53. The van der Waals surface area contributed by atoms with Gasteiger partial charge in [-0.1, -0.05) is 12.1 Å². The summed E-state index contributed by atoms with van der Waals surface area (Å²) in [6.45, 7) is -1.23. The number of hydrogen-bond acceptors (Lipinski definition) is 5. The van der Waals surface area contributed by atoms with Crippen LogP contribution in [0.25, 0.3) is 0 Å². The van der Waals surface area contributed by atoms with Crippen molar-refractivity contribution in [2.24, 2.45) is 0 Å². The molecule has 0 unspecified atom stereocenters. The van der Waals surface area contributed by atoms with Gasteiger partial charge < -0.3 is 20.3 Å². The Morgan fingerprint density at radius 1 is 1.19 bits per heavy atom. The van der Waals surface area contributed by atoms with Crippen molar-refractivity contribution in [1.82, 2.24) is 4.90 Å². The smallest absolute Gasteiger partial charge is 0.387 e. The molecule has 2 aromatic rings. The summed E-state index contributed by atoms with van der Waals surface area (Å²) >= 11 is 0. The zero-order chi connectivity index (χ0) is 23.3. The summed E-state index contributed by atoms with van der Waals surface area (Å²) in [5.41, 5.74) is 1.59. The Bertz CT molecular complexity index is 984. The van der Waals surface area contributed by atoms with Gasteiger partial charge in [-0.3, -0.25) is 19.3 Å².